The highest BCUT2D eigenvalue weighted by molar-refractivity contribution is 5.96. The summed E-state index contributed by atoms with van der Waals surface area (Å²) in [4.78, 5) is 29.6. The molecule has 5 nitrogen and oxygen atoms in total. The van der Waals surface area contributed by atoms with E-state index in [9.17, 15) is 9.59 Å². The summed E-state index contributed by atoms with van der Waals surface area (Å²) in [6, 6.07) is 19.3. The van der Waals surface area contributed by atoms with Crippen molar-refractivity contribution in [3.05, 3.63) is 76.7 Å². The van der Waals surface area contributed by atoms with Gasteiger partial charge in [0.2, 0.25) is 0 Å². The highest BCUT2D eigenvalue weighted by Gasteiger charge is 2.23. The van der Waals surface area contributed by atoms with Gasteiger partial charge in [0.1, 0.15) is 5.69 Å². The van der Waals surface area contributed by atoms with E-state index in [1.54, 1.807) is 12.1 Å². The maximum absolute atomic E-state index is 12.5. The first-order chi connectivity index (χ1) is 12.7. The fraction of sp³-hybridized carbons (Fsp3) is 0.238. The molecule has 1 aliphatic rings. The Balaban J connectivity index is 1.40. The average Bonchev–Trinajstić information content (AvgIpc) is 3.16. The molecular weight excluding hydrogens is 326 g/mol. The molecule has 0 aliphatic carbocycles. The van der Waals surface area contributed by atoms with Crippen molar-refractivity contribution in [2.24, 2.45) is 5.92 Å². The van der Waals surface area contributed by atoms with Gasteiger partial charge in [-0.2, -0.15) is 0 Å². The number of benzene rings is 2. The van der Waals surface area contributed by atoms with Gasteiger partial charge in [-0.25, -0.2) is 0 Å². The number of amides is 1. The maximum atomic E-state index is 12.5. The van der Waals surface area contributed by atoms with Crippen LogP contribution >= 0.6 is 0 Å². The first-order valence-corrected chi connectivity index (χ1v) is 8.91. The largest absolute Gasteiger partial charge is 0.371 e. The second-order valence-corrected chi connectivity index (χ2v) is 6.75. The first kappa shape index (κ1) is 16.4. The summed E-state index contributed by atoms with van der Waals surface area (Å²) >= 11 is 0. The second-order valence-electron chi connectivity index (χ2n) is 6.75. The monoisotopic (exact) mass is 347 g/mol. The number of anilines is 1. The van der Waals surface area contributed by atoms with Crippen molar-refractivity contribution < 1.29 is 4.79 Å². The Morgan fingerprint density at radius 3 is 2.73 bits per heavy atom. The lowest BCUT2D eigenvalue weighted by atomic mass is 10.1. The number of hydrogen-bond acceptors (Lipinski definition) is 3. The summed E-state index contributed by atoms with van der Waals surface area (Å²) in [5.41, 5.74) is 1.30. The van der Waals surface area contributed by atoms with E-state index in [1.165, 1.54) is 5.69 Å². The van der Waals surface area contributed by atoms with Crippen LogP contribution in [0.4, 0.5) is 5.69 Å². The molecule has 1 amide bonds. The van der Waals surface area contributed by atoms with Gasteiger partial charge in [0.15, 0.2) is 0 Å². The third-order valence-corrected chi connectivity index (χ3v) is 4.96. The number of hydrogen-bond donors (Lipinski definition) is 2. The van der Waals surface area contributed by atoms with Crippen LogP contribution < -0.4 is 15.8 Å². The van der Waals surface area contributed by atoms with E-state index in [2.05, 4.69) is 27.3 Å². The quantitative estimate of drug-likeness (QED) is 0.763. The van der Waals surface area contributed by atoms with Gasteiger partial charge >= 0.3 is 0 Å². The molecule has 2 heterocycles. The lowest BCUT2D eigenvalue weighted by Gasteiger charge is -2.18. The SMILES string of the molecule is O=C(NC[C@H]1CCN(c2ccccc2)C1)c1cc2ccccc2c(=O)[nH]1. The zero-order valence-electron chi connectivity index (χ0n) is 14.4. The van der Waals surface area contributed by atoms with Gasteiger partial charge in [0.25, 0.3) is 11.5 Å². The molecule has 0 radical (unpaired) electrons. The van der Waals surface area contributed by atoms with E-state index in [0.717, 1.165) is 24.9 Å². The third-order valence-electron chi connectivity index (χ3n) is 4.96. The normalized spacial score (nSPS) is 16.8. The second kappa shape index (κ2) is 7.04. The molecule has 4 rings (SSSR count). The third kappa shape index (κ3) is 3.33. The average molecular weight is 347 g/mol. The number of H-pyrrole nitrogens is 1. The molecule has 1 aliphatic heterocycles. The van der Waals surface area contributed by atoms with E-state index in [0.29, 0.717) is 23.5 Å². The van der Waals surface area contributed by atoms with E-state index in [1.807, 2.05) is 36.4 Å². The van der Waals surface area contributed by atoms with Crippen LogP contribution in [0.2, 0.25) is 0 Å². The van der Waals surface area contributed by atoms with Gasteiger partial charge < -0.3 is 15.2 Å². The van der Waals surface area contributed by atoms with Crippen molar-refractivity contribution in [2.75, 3.05) is 24.5 Å². The molecular formula is C21H21N3O2. The van der Waals surface area contributed by atoms with Crippen molar-refractivity contribution in [1.29, 1.82) is 0 Å². The van der Waals surface area contributed by atoms with Crippen LogP contribution in [0, 0.1) is 5.92 Å². The van der Waals surface area contributed by atoms with E-state index in [4.69, 9.17) is 0 Å². The Morgan fingerprint density at radius 2 is 1.88 bits per heavy atom. The molecule has 0 bridgehead atoms. The number of carbonyl (C=O) groups is 1. The van der Waals surface area contributed by atoms with Gasteiger partial charge in [-0.1, -0.05) is 36.4 Å². The zero-order chi connectivity index (χ0) is 17.9. The summed E-state index contributed by atoms with van der Waals surface area (Å²) in [5, 5.41) is 4.34. The van der Waals surface area contributed by atoms with Gasteiger partial charge in [-0.15, -0.1) is 0 Å². The van der Waals surface area contributed by atoms with Crippen molar-refractivity contribution >= 4 is 22.4 Å². The Kier molecular flexibility index (Phi) is 4.44. The number of nitrogens with zero attached hydrogens (tertiary/aromatic N) is 1. The minimum absolute atomic E-state index is 0.231. The highest BCUT2D eigenvalue weighted by atomic mass is 16.2. The molecule has 1 fully saturated rings. The first-order valence-electron chi connectivity index (χ1n) is 8.91. The van der Waals surface area contributed by atoms with Crippen molar-refractivity contribution in [3.8, 4) is 0 Å². The number of para-hydroxylation sites is 1. The van der Waals surface area contributed by atoms with E-state index in [-0.39, 0.29) is 11.5 Å². The molecule has 3 aromatic rings. The van der Waals surface area contributed by atoms with Crippen LogP contribution in [-0.2, 0) is 0 Å². The van der Waals surface area contributed by atoms with Crippen LogP contribution in [0.3, 0.4) is 0 Å². The number of rotatable bonds is 4. The van der Waals surface area contributed by atoms with Crippen molar-refractivity contribution in [3.63, 3.8) is 0 Å². The standard InChI is InChI=1S/C21H21N3O2/c25-20-18-9-5-4-6-16(18)12-19(23-20)21(26)22-13-15-10-11-24(14-15)17-7-2-1-3-8-17/h1-9,12,15H,10-11,13-14H2,(H,22,26)(H,23,25)/t15-/m1/s1. The minimum atomic E-state index is -0.232. The molecule has 0 spiro atoms. The van der Waals surface area contributed by atoms with Crippen LogP contribution in [0.15, 0.2) is 65.5 Å². The van der Waals surface area contributed by atoms with Crippen LogP contribution in [0.5, 0.6) is 0 Å². The number of nitrogens with one attached hydrogen (secondary N) is 2. The van der Waals surface area contributed by atoms with Gasteiger partial charge in [-0.3, -0.25) is 9.59 Å². The smallest absolute Gasteiger partial charge is 0.267 e. The summed E-state index contributed by atoms with van der Waals surface area (Å²) in [5.74, 6) is 0.178. The molecule has 5 heteroatoms. The lowest BCUT2D eigenvalue weighted by Crippen LogP contribution is -2.32. The number of fused-ring (bicyclic) bond motifs is 1. The molecule has 0 saturated carbocycles. The molecule has 132 valence electrons. The Morgan fingerprint density at radius 1 is 1.12 bits per heavy atom. The summed E-state index contributed by atoms with van der Waals surface area (Å²) < 4.78 is 0. The molecule has 1 aromatic heterocycles. The molecule has 1 atom stereocenters. The fourth-order valence-electron chi connectivity index (χ4n) is 3.54. The maximum Gasteiger partial charge on any atom is 0.267 e. The Hall–Kier alpha value is -3.08. The number of aromatic nitrogens is 1. The van der Waals surface area contributed by atoms with Crippen LogP contribution in [0.25, 0.3) is 10.8 Å². The Labute approximate surface area is 151 Å². The van der Waals surface area contributed by atoms with Gasteiger partial charge in [-0.05, 0) is 42.0 Å². The van der Waals surface area contributed by atoms with Crippen LogP contribution in [0.1, 0.15) is 16.9 Å². The Bertz CT molecular complexity index is 981. The van der Waals surface area contributed by atoms with Crippen molar-refractivity contribution in [1.82, 2.24) is 10.3 Å². The molecule has 2 N–H and O–H groups in total. The minimum Gasteiger partial charge on any atom is -0.371 e. The fourth-order valence-corrected chi connectivity index (χ4v) is 3.54. The van der Waals surface area contributed by atoms with Gasteiger partial charge in [0.05, 0.1) is 0 Å². The lowest BCUT2D eigenvalue weighted by molar-refractivity contribution is 0.0943. The van der Waals surface area contributed by atoms with Crippen LogP contribution in [-0.4, -0.2) is 30.5 Å². The molecule has 26 heavy (non-hydrogen) atoms. The molecule has 2 aromatic carbocycles. The number of pyridine rings is 1. The van der Waals surface area contributed by atoms with E-state index >= 15 is 0 Å². The predicted molar refractivity (Wildman–Crippen MR) is 104 cm³/mol. The summed E-state index contributed by atoms with van der Waals surface area (Å²) in [7, 11) is 0. The topological polar surface area (TPSA) is 65.2 Å². The van der Waals surface area contributed by atoms with Crippen molar-refractivity contribution in [2.45, 2.75) is 6.42 Å². The molecule has 1 saturated heterocycles. The summed E-state index contributed by atoms with van der Waals surface area (Å²) in [6.45, 7) is 2.53. The van der Waals surface area contributed by atoms with E-state index < -0.39 is 0 Å². The highest BCUT2D eigenvalue weighted by Crippen LogP contribution is 2.23. The zero-order valence-corrected chi connectivity index (χ0v) is 14.4. The van der Waals surface area contributed by atoms with Gasteiger partial charge in [0, 0.05) is 30.7 Å². The number of aromatic amines is 1. The number of carbonyl (C=O) groups excluding carboxylic acids is 1. The predicted octanol–water partition coefficient (Wildman–Crippen LogP) is 2.78. The molecule has 0 unspecified atom stereocenters. The summed E-state index contributed by atoms with van der Waals surface area (Å²) in [6.07, 6.45) is 1.05.